The number of carbonyl (C=O) groups excluding carboxylic acids is 1. The lowest BCUT2D eigenvalue weighted by Gasteiger charge is -2.30. The van der Waals surface area contributed by atoms with E-state index in [4.69, 9.17) is 5.73 Å². The molecule has 1 fully saturated rings. The fraction of sp³-hybridized carbons (Fsp3) is 0.588. The number of amides is 1. The van der Waals surface area contributed by atoms with Crippen molar-refractivity contribution in [2.24, 2.45) is 5.92 Å². The molecule has 0 saturated heterocycles. The largest absolute Gasteiger partial charge is 0.398 e. The van der Waals surface area contributed by atoms with Crippen LogP contribution in [0.4, 0.5) is 11.4 Å². The van der Waals surface area contributed by atoms with E-state index in [-0.39, 0.29) is 5.91 Å². The molecule has 1 amide bonds. The van der Waals surface area contributed by atoms with Gasteiger partial charge in [0.05, 0.1) is 0 Å². The number of hydrogen-bond donors (Lipinski definition) is 2. The van der Waals surface area contributed by atoms with Gasteiger partial charge in [-0.25, -0.2) is 0 Å². The molecule has 1 aromatic rings. The van der Waals surface area contributed by atoms with Crippen LogP contribution in [0.2, 0.25) is 0 Å². The van der Waals surface area contributed by atoms with Gasteiger partial charge in [-0.3, -0.25) is 4.79 Å². The minimum absolute atomic E-state index is 0.0701. The second-order valence-corrected chi connectivity index (χ2v) is 6.23. The van der Waals surface area contributed by atoms with Gasteiger partial charge in [0, 0.05) is 24.3 Å². The Hall–Kier alpha value is -1.55. The van der Waals surface area contributed by atoms with Gasteiger partial charge in [-0.15, -0.1) is 0 Å². The SMILES string of the molecule is Cc1c(N)cccc1NC(=O)CCCN(C)CC1CCC1. The van der Waals surface area contributed by atoms with Crippen molar-refractivity contribution in [3.05, 3.63) is 23.8 Å². The van der Waals surface area contributed by atoms with E-state index in [0.717, 1.165) is 30.1 Å². The smallest absolute Gasteiger partial charge is 0.224 e. The van der Waals surface area contributed by atoms with Gasteiger partial charge in [0.25, 0.3) is 0 Å². The number of benzene rings is 1. The van der Waals surface area contributed by atoms with Crippen LogP contribution in [-0.4, -0.2) is 30.9 Å². The van der Waals surface area contributed by atoms with E-state index in [1.165, 1.54) is 25.8 Å². The Morgan fingerprint density at radius 3 is 2.86 bits per heavy atom. The lowest BCUT2D eigenvalue weighted by molar-refractivity contribution is -0.116. The lowest BCUT2D eigenvalue weighted by Crippen LogP contribution is -2.30. The van der Waals surface area contributed by atoms with Crippen molar-refractivity contribution in [1.82, 2.24) is 4.90 Å². The van der Waals surface area contributed by atoms with Gasteiger partial charge >= 0.3 is 0 Å². The van der Waals surface area contributed by atoms with Gasteiger partial charge in [-0.2, -0.15) is 0 Å². The standard InChI is InChI=1S/C17H27N3O/c1-13-15(18)8-4-9-16(13)19-17(21)10-5-11-20(2)12-14-6-3-7-14/h4,8-9,14H,3,5-7,10-12,18H2,1-2H3,(H,19,21). The van der Waals surface area contributed by atoms with E-state index in [0.29, 0.717) is 12.1 Å². The maximum Gasteiger partial charge on any atom is 0.224 e. The molecule has 1 aliphatic carbocycles. The first-order valence-corrected chi connectivity index (χ1v) is 7.89. The number of carbonyl (C=O) groups is 1. The summed E-state index contributed by atoms with van der Waals surface area (Å²) in [5.41, 5.74) is 8.32. The Labute approximate surface area is 127 Å². The van der Waals surface area contributed by atoms with Crippen molar-refractivity contribution in [2.75, 3.05) is 31.2 Å². The fourth-order valence-corrected chi connectivity index (χ4v) is 2.72. The third-order valence-corrected chi connectivity index (χ3v) is 4.39. The molecule has 0 spiro atoms. The molecule has 21 heavy (non-hydrogen) atoms. The summed E-state index contributed by atoms with van der Waals surface area (Å²) in [6.45, 7) is 4.09. The fourth-order valence-electron chi connectivity index (χ4n) is 2.72. The zero-order valence-electron chi connectivity index (χ0n) is 13.2. The summed E-state index contributed by atoms with van der Waals surface area (Å²) in [6.07, 6.45) is 5.60. The van der Waals surface area contributed by atoms with Gasteiger partial charge in [-0.05, 0) is 63.4 Å². The zero-order chi connectivity index (χ0) is 15.2. The number of nitrogen functional groups attached to an aromatic ring is 1. The number of nitrogens with one attached hydrogen (secondary N) is 1. The van der Waals surface area contributed by atoms with Crippen molar-refractivity contribution < 1.29 is 4.79 Å². The van der Waals surface area contributed by atoms with Crippen molar-refractivity contribution >= 4 is 17.3 Å². The Morgan fingerprint density at radius 1 is 1.43 bits per heavy atom. The second-order valence-electron chi connectivity index (χ2n) is 6.23. The summed E-state index contributed by atoms with van der Waals surface area (Å²) < 4.78 is 0. The van der Waals surface area contributed by atoms with Crippen LogP contribution in [0.5, 0.6) is 0 Å². The highest BCUT2D eigenvalue weighted by atomic mass is 16.1. The maximum atomic E-state index is 12.0. The molecular formula is C17H27N3O. The van der Waals surface area contributed by atoms with E-state index >= 15 is 0 Å². The van der Waals surface area contributed by atoms with Crippen LogP contribution in [0, 0.1) is 12.8 Å². The first-order valence-electron chi connectivity index (χ1n) is 7.89. The van der Waals surface area contributed by atoms with E-state index in [2.05, 4.69) is 17.3 Å². The summed E-state index contributed by atoms with van der Waals surface area (Å²) >= 11 is 0. The summed E-state index contributed by atoms with van der Waals surface area (Å²) in [6, 6.07) is 5.61. The molecule has 1 saturated carbocycles. The van der Waals surface area contributed by atoms with Crippen molar-refractivity contribution in [3.8, 4) is 0 Å². The molecule has 0 unspecified atom stereocenters. The van der Waals surface area contributed by atoms with Crippen molar-refractivity contribution in [2.45, 2.75) is 39.0 Å². The average Bonchev–Trinajstić information content (AvgIpc) is 2.39. The van der Waals surface area contributed by atoms with Crippen molar-refractivity contribution in [1.29, 1.82) is 0 Å². The summed E-state index contributed by atoms with van der Waals surface area (Å²) in [5, 5.41) is 2.95. The molecule has 4 nitrogen and oxygen atoms in total. The lowest BCUT2D eigenvalue weighted by atomic mass is 9.85. The van der Waals surface area contributed by atoms with Crippen LogP contribution in [-0.2, 0) is 4.79 Å². The molecule has 0 aromatic heterocycles. The Kier molecular flexibility index (Phi) is 5.62. The molecule has 116 valence electrons. The van der Waals surface area contributed by atoms with Crippen LogP contribution in [0.25, 0.3) is 0 Å². The predicted molar refractivity (Wildman–Crippen MR) is 88.3 cm³/mol. The third kappa shape index (κ3) is 4.74. The molecule has 1 aliphatic rings. The molecule has 0 radical (unpaired) electrons. The first kappa shape index (κ1) is 15.8. The minimum atomic E-state index is 0.0701. The van der Waals surface area contributed by atoms with Gasteiger partial charge in [0.2, 0.25) is 5.91 Å². The molecule has 0 bridgehead atoms. The average molecular weight is 289 g/mol. The van der Waals surface area contributed by atoms with E-state index < -0.39 is 0 Å². The topological polar surface area (TPSA) is 58.4 Å². The Morgan fingerprint density at radius 2 is 2.19 bits per heavy atom. The normalized spacial score (nSPS) is 15.0. The van der Waals surface area contributed by atoms with Crippen LogP contribution in [0.3, 0.4) is 0 Å². The van der Waals surface area contributed by atoms with Crippen LogP contribution in [0.1, 0.15) is 37.7 Å². The monoisotopic (exact) mass is 289 g/mol. The molecule has 4 heteroatoms. The Bertz CT molecular complexity index is 483. The van der Waals surface area contributed by atoms with Crippen molar-refractivity contribution in [3.63, 3.8) is 0 Å². The molecule has 0 aliphatic heterocycles. The summed E-state index contributed by atoms with van der Waals surface area (Å²) in [7, 11) is 2.15. The Balaban J connectivity index is 1.68. The molecule has 3 N–H and O–H groups in total. The maximum absolute atomic E-state index is 12.0. The number of nitrogens with two attached hydrogens (primary N) is 1. The number of hydrogen-bond acceptors (Lipinski definition) is 3. The number of rotatable bonds is 7. The number of nitrogens with zero attached hydrogens (tertiary/aromatic N) is 1. The predicted octanol–water partition coefficient (Wildman–Crippen LogP) is 3.03. The van der Waals surface area contributed by atoms with Crippen LogP contribution >= 0.6 is 0 Å². The highest BCUT2D eigenvalue weighted by molar-refractivity contribution is 5.92. The summed E-state index contributed by atoms with van der Waals surface area (Å²) in [4.78, 5) is 14.3. The summed E-state index contributed by atoms with van der Waals surface area (Å²) in [5.74, 6) is 0.958. The molecule has 2 rings (SSSR count). The van der Waals surface area contributed by atoms with Gasteiger partial charge in [0.1, 0.15) is 0 Å². The van der Waals surface area contributed by atoms with Gasteiger partial charge in [0.15, 0.2) is 0 Å². The molecule has 0 heterocycles. The van der Waals surface area contributed by atoms with E-state index in [9.17, 15) is 4.79 Å². The molecule has 1 aromatic carbocycles. The van der Waals surface area contributed by atoms with Crippen LogP contribution < -0.4 is 11.1 Å². The van der Waals surface area contributed by atoms with E-state index in [1.807, 2.05) is 25.1 Å². The quantitative estimate of drug-likeness (QED) is 0.759. The van der Waals surface area contributed by atoms with Gasteiger partial charge in [-0.1, -0.05) is 12.5 Å². The molecular weight excluding hydrogens is 262 g/mol. The van der Waals surface area contributed by atoms with Gasteiger partial charge < -0.3 is 16.0 Å². The first-order chi connectivity index (χ1) is 10.1. The van der Waals surface area contributed by atoms with E-state index in [1.54, 1.807) is 0 Å². The molecule has 0 atom stereocenters. The van der Waals surface area contributed by atoms with Crippen LogP contribution in [0.15, 0.2) is 18.2 Å². The third-order valence-electron chi connectivity index (χ3n) is 4.39. The highest BCUT2D eigenvalue weighted by Crippen LogP contribution is 2.26. The highest BCUT2D eigenvalue weighted by Gasteiger charge is 2.18. The zero-order valence-corrected chi connectivity index (χ0v) is 13.2. The number of anilines is 2. The second kappa shape index (κ2) is 7.46. The minimum Gasteiger partial charge on any atom is -0.398 e.